The van der Waals surface area contributed by atoms with Crippen LogP contribution in [0.15, 0.2) is 30.3 Å². The number of aryl methyl sites for hydroxylation is 2. The third-order valence-electron chi connectivity index (χ3n) is 6.28. The molecule has 0 spiro atoms. The highest BCUT2D eigenvalue weighted by molar-refractivity contribution is 5.94. The van der Waals surface area contributed by atoms with Crippen molar-refractivity contribution in [1.29, 1.82) is 0 Å². The number of benzene rings is 1. The van der Waals surface area contributed by atoms with Gasteiger partial charge < -0.3 is 14.5 Å². The smallest absolute Gasteiger partial charge is 0.253 e. The topological polar surface area (TPSA) is 50.6 Å². The monoisotopic (exact) mass is 410 g/mol. The molecule has 2 aliphatic rings. The number of nitrogens with zero attached hydrogens (tertiary/aromatic N) is 4. The van der Waals surface area contributed by atoms with Crippen LogP contribution in [-0.4, -0.2) is 70.9 Å². The molecule has 162 valence electrons. The molecule has 4 rings (SSSR count). The molecule has 1 aromatic heterocycles. The van der Waals surface area contributed by atoms with Crippen LogP contribution in [0.25, 0.3) is 0 Å². The minimum Gasteiger partial charge on any atom is -0.375 e. The number of carbonyl (C=O) groups is 1. The van der Waals surface area contributed by atoms with E-state index in [0.29, 0.717) is 6.54 Å². The molecule has 2 fully saturated rings. The maximum atomic E-state index is 12.9. The van der Waals surface area contributed by atoms with E-state index in [9.17, 15) is 4.79 Å². The predicted molar refractivity (Wildman–Crippen MR) is 118 cm³/mol. The van der Waals surface area contributed by atoms with Crippen LogP contribution in [0, 0.1) is 13.8 Å². The molecule has 0 aliphatic carbocycles. The molecular weight excluding hydrogens is 376 g/mol. The molecule has 2 aliphatic heterocycles. The van der Waals surface area contributed by atoms with E-state index in [-0.39, 0.29) is 12.0 Å². The Morgan fingerprint density at radius 1 is 1.10 bits per heavy atom. The van der Waals surface area contributed by atoms with Crippen LogP contribution in [0.1, 0.15) is 53.0 Å². The van der Waals surface area contributed by atoms with Crippen molar-refractivity contribution < 1.29 is 9.53 Å². The van der Waals surface area contributed by atoms with E-state index in [1.807, 2.05) is 40.8 Å². The first kappa shape index (κ1) is 21.1. The normalized spacial score (nSPS) is 20.1. The highest BCUT2D eigenvalue weighted by Gasteiger charge is 2.27. The van der Waals surface area contributed by atoms with Gasteiger partial charge in [-0.25, -0.2) is 0 Å². The molecule has 0 radical (unpaired) electrons. The molecule has 1 amide bonds. The first-order chi connectivity index (χ1) is 14.6. The third kappa shape index (κ3) is 5.29. The minimum absolute atomic E-state index is 0.106. The number of carbonyl (C=O) groups excluding carboxylic acids is 1. The average molecular weight is 411 g/mol. The summed E-state index contributed by atoms with van der Waals surface area (Å²) in [6.07, 6.45) is 5.09. The molecule has 0 N–H and O–H groups in total. The van der Waals surface area contributed by atoms with Gasteiger partial charge in [-0.1, -0.05) is 18.6 Å². The predicted octanol–water partition coefficient (Wildman–Crippen LogP) is 3.27. The highest BCUT2D eigenvalue weighted by atomic mass is 16.5. The minimum atomic E-state index is 0.106. The molecule has 0 bridgehead atoms. The molecule has 2 aromatic rings. The van der Waals surface area contributed by atoms with Crippen molar-refractivity contribution in [2.24, 2.45) is 0 Å². The summed E-state index contributed by atoms with van der Waals surface area (Å²) in [6.45, 7) is 10.5. The van der Waals surface area contributed by atoms with Gasteiger partial charge in [-0.2, -0.15) is 5.10 Å². The van der Waals surface area contributed by atoms with Crippen LogP contribution in [0.4, 0.5) is 0 Å². The first-order valence-corrected chi connectivity index (χ1v) is 11.3. The molecule has 1 aromatic carbocycles. The fourth-order valence-electron chi connectivity index (χ4n) is 4.52. The van der Waals surface area contributed by atoms with Crippen LogP contribution >= 0.6 is 0 Å². The van der Waals surface area contributed by atoms with E-state index >= 15 is 0 Å². The van der Waals surface area contributed by atoms with Gasteiger partial charge in [0.05, 0.1) is 24.9 Å². The fourth-order valence-corrected chi connectivity index (χ4v) is 4.52. The quantitative estimate of drug-likeness (QED) is 0.703. The number of hydrogen-bond donors (Lipinski definition) is 0. The van der Waals surface area contributed by atoms with Crippen molar-refractivity contribution >= 4 is 5.91 Å². The summed E-state index contributed by atoms with van der Waals surface area (Å²) in [5, 5.41) is 4.51. The van der Waals surface area contributed by atoms with Gasteiger partial charge in [-0.15, -0.1) is 0 Å². The second kappa shape index (κ2) is 9.75. The zero-order valence-corrected chi connectivity index (χ0v) is 18.3. The van der Waals surface area contributed by atoms with Crippen LogP contribution in [0.2, 0.25) is 0 Å². The van der Waals surface area contributed by atoms with Crippen molar-refractivity contribution in [1.82, 2.24) is 19.6 Å². The first-order valence-electron chi connectivity index (χ1n) is 11.3. The largest absolute Gasteiger partial charge is 0.375 e. The lowest BCUT2D eigenvalue weighted by Gasteiger charge is -2.26. The van der Waals surface area contributed by atoms with Crippen LogP contribution in [-0.2, 0) is 11.3 Å². The third-order valence-corrected chi connectivity index (χ3v) is 6.28. The summed E-state index contributed by atoms with van der Waals surface area (Å²) in [5.74, 6) is 0.106. The summed E-state index contributed by atoms with van der Waals surface area (Å²) < 4.78 is 8.07. The summed E-state index contributed by atoms with van der Waals surface area (Å²) in [4.78, 5) is 17.3. The molecule has 6 heteroatoms. The van der Waals surface area contributed by atoms with Gasteiger partial charge in [0, 0.05) is 30.9 Å². The molecule has 0 unspecified atom stereocenters. The van der Waals surface area contributed by atoms with Gasteiger partial charge in [0.25, 0.3) is 5.91 Å². The van der Waals surface area contributed by atoms with Gasteiger partial charge >= 0.3 is 0 Å². The lowest BCUT2D eigenvalue weighted by molar-refractivity contribution is 0.0379. The number of ether oxygens (including phenoxy) is 1. The maximum absolute atomic E-state index is 12.9. The lowest BCUT2D eigenvalue weighted by Crippen LogP contribution is -2.34. The van der Waals surface area contributed by atoms with E-state index < -0.39 is 0 Å². The summed E-state index contributed by atoms with van der Waals surface area (Å²) in [6, 6.07) is 10.0. The van der Waals surface area contributed by atoms with E-state index in [0.717, 1.165) is 55.2 Å². The van der Waals surface area contributed by atoms with Crippen molar-refractivity contribution in [3.63, 3.8) is 0 Å². The van der Waals surface area contributed by atoms with Crippen LogP contribution in [0.5, 0.6) is 0 Å². The standard InChI is InChI=1S/C24H34N4O2/c1-19-16-20(2)28(25-19)17-21-6-8-22(9-7-21)24(29)27-13-10-23(18-27)30-15-14-26-11-4-3-5-12-26/h6-9,16,23H,3-5,10-15,17-18H2,1-2H3/t23-/m1/s1. The number of hydrogen-bond acceptors (Lipinski definition) is 4. The Kier molecular flexibility index (Phi) is 6.85. The second-order valence-electron chi connectivity index (χ2n) is 8.72. The SMILES string of the molecule is Cc1cc(C)n(Cc2ccc(C(=O)N3CC[C@@H](OCCN4CCCCC4)C3)cc2)n1. The molecule has 3 heterocycles. The number of aromatic nitrogens is 2. The Morgan fingerprint density at radius 2 is 1.87 bits per heavy atom. The number of piperidine rings is 1. The maximum Gasteiger partial charge on any atom is 0.253 e. The molecule has 1 atom stereocenters. The second-order valence-corrected chi connectivity index (χ2v) is 8.72. The zero-order valence-electron chi connectivity index (χ0n) is 18.3. The fraction of sp³-hybridized carbons (Fsp3) is 0.583. The summed E-state index contributed by atoms with van der Waals surface area (Å²) in [7, 11) is 0. The molecule has 0 saturated carbocycles. The van der Waals surface area contributed by atoms with Crippen molar-refractivity contribution in [2.45, 2.75) is 52.2 Å². The Balaban J connectivity index is 1.24. The number of likely N-dealkylation sites (tertiary alicyclic amines) is 2. The molecule has 6 nitrogen and oxygen atoms in total. The lowest BCUT2D eigenvalue weighted by atomic mass is 10.1. The van der Waals surface area contributed by atoms with E-state index in [1.165, 1.54) is 32.4 Å². The van der Waals surface area contributed by atoms with Gasteiger partial charge in [0.1, 0.15) is 0 Å². The Morgan fingerprint density at radius 3 is 2.57 bits per heavy atom. The van der Waals surface area contributed by atoms with Gasteiger partial charge in [-0.3, -0.25) is 9.48 Å². The van der Waals surface area contributed by atoms with Crippen LogP contribution in [0.3, 0.4) is 0 Å². The zero-order chi connectivity index (χ0) is 20.9. The molecule has 2 saturated heterocycles. The average Bonchev–Trinajstić information content (AvgIpc) is 3.35. The molecular formula is C24H34N4O2. The van der Waals surface area contributed by atoms with Gasteiger partial charge in [0.2, 0.25) is 0 Å². The highest BCUT2D eigenvalue weighted by Crippen LogP contribution is 2.18. The molecule has 30 heavy (non-hydrogen) atoms. The Labute approximate surface area is 179 Å². The van der Waals surface area contributed by atoms with Crippen molar-refractivity contribution in [3.05, 3.63) is 52.8 Å². The van der Waals surface area contributed by atoms with Gasteiger partial charge in [0.15, 0.2) is 0 Å². The summed E-state index contributed by atoms with van der Waals surface area (Å²) >= 11 is 0. The summed E-state index contributed by atoms with van der Waals surface area (Å²) in [5.41, 5.74) is 4.08. The Bertz CT molecular complexity index is 839. The van der Waals surface area contributed by atoms with E-state index in [1.54, 1.807) is 0 Å². The van der Waals surface area contributed by atoms with E-state index in [2.05, 4.69) is 23.0 Å². The van der Waals surface area contributed by atoms with Crippen molar-refractivity contribution in [2.75, 3.05) is 39.3 Å². The number of amides is 1. The number of rotatable bonds is 7. The van der Waals surface area contributed by atoms with Crippen molar-refractivity contribution in [3.8, 4) is 0 Å². The Hall–Kier alpha value is -2.18. The van der Waals surface area contributed by atoms with E-state index in [4.69, 9.17) is 4.74 Å². The van der Waals surface area contributed by atoms with Crippen LogP contribution < -0.4 is 0 Å². The van der Waals surface area contributed by atoms with Gasteiger partial charge in [-0.05, 0) is 70.0 Å².